The topological polar surface area (TPSA) is 55.8 Å². The van der Waals surface area contributed by atoms with Gasteiger partial charge in [-0.3, -0.25) is 4.79 Å². The SMILES string of the molecule is CCOC(=O)/C=C1\OC(c2ccccc2Cl)c2cc(Cl)ccc2N(CC(C)C)C1=O. The number of anilines is 1. The third-order valence-electron chi connectivity index (χ3n) is 4.53. The number of hydrogen-bond donors (Lipinski definition) is 0. The lowest BCUT2D eigenvalue weighted by Crippen LogP contribution is -2.35. The summed E-state index contributed by atoms with van der Waals surface area (Å²) in [4.78, 5) is 27.1. The molecule has 0 N–H and O–H groups in total. The summed E-state index contributed by atoms with van der Waals surface area (Å²) in [7, 11) is 0. The Bertz CT molecular complexity index is 987. The zero-order valence-corrected chi connectivity index (χ0v) is 18.5. The first-order valence-electron chi connectivity index (χ1n) is 9.72. The molecule has 1 aliphatic heterocycles. The Morgan fingerprint density at radius 3 is 2.60 bits per heavy atom. The molecule has 3 rings (SSSR count). The van der Waals surface area contributed by atoms with Gasteiger partial charge in [0.2, 0.25) is 0 Å². The first-order chi connectivity index (χ1) is 14.3. The van der Waals surface area contributed by atoms with Crippen LogP contribution in [0.1, 0.15) is 38.0 Å². The minimum Gasteiger partial charge on any atom is -0.475 e. The van der Waals surface area contributed by atoms with Crippen molar-refractivity contribution >= 4 is 40.8 Å². The monoisotopic (exact) mass is 447 g/mol. The largest absolute Gasteiger partial charge is 0.475 e. The van der Waals surface area contributed by atoms with Crippen LogP contribution < -0.4 is 4.90 Å². The minimum atomic E-state index is -0.728. The average Bonchev–Trinajstić information content (AvgIpc) is 2.79. The highest BCUT2D eigenvalue weighted by Crippen LogP contribution is 2.42. The Labute approximate surface area is 186 Å². The lowest BCUT2D eigenvalue weighted by Gasteiger charge is -2.25. The van der Waals surface area contributed by atoms with Crippen LogP contribution in [0, 0.1) is 5.92 Å². The average molecular weight is 448 g/mol. The van der Waals surface area contributed by atoms with Crippen LogP contribution >= 0.6 is 23.2 Å². The molecule has 0 spiro atoms. The van der Waals surface area contributed by atoms with Crippen LogP contribution in [0.3, 0.4) is 0 Å². The molecule has 1 unspecified atom stereocenters. The van der Waals surface area contributed by atoms with Gasteiger partial charge in [0.25, 0.3) is 5.91 Å². The van der Waals surface area contributed by atoms with Gasteiger partial charge in [-0.1, -0.05) is 55.2 Å². The van der Waals surface area contributed by atoms with E-state index in [4.69, 9.17) is 32.7 Å². The summed E-state index contributed by atoms with van der Waals surface area (Å²) >= 11 is 12.7. The Morgan fingerprint density at radius 2 is 1.93 bits per heavy atom. The van der Waals surface area contributed by atoms with Crippen molar-refractivity contribution in [2.75, 3.05) is 18.1 Å². The number of halogens is 2. The van der Waals surface area contributed by atoms with E-state index in [1.165, 1.54) is 0 Å². The molecule has 2 aromatic carbocycles. The fourth-order valence-electron chi connectivity index (χ4n) is 3.32. The summed E-state index contributed by atoms with van der Waals surface area (Å²) in [6, 6.07) is 12.5. The summed E-state index contributed by atoms with van der Waals surface area (Å²) in [5.41, 5.74) is 2.02. The van der Waals surface area contributed by atoms with Gasteiger partial charge in [-0.05, 0) is 37.1 Å². The zero-order chi connectivity index (χ0) is 21.8. The van der Waals surface area contributed by atoms with Crippen molar-refractivity contribution in [3.05, 3.63) is 75.5 Å². The van der Waals surface area contributed by atoms with Crippen molar-refractivity contribution in [3.8, 4) is 0 Å². The first-order valence-corrected chi connectivity index (χ1v) is 10.5. The Hall–Kier alpha value is -2.50. The maximum absolute atomic E-state index is 13.4. The van der Waals surface area contributed by atoms with Gasteiger partial charge in [-0.25, -0.2) is 4.79 Å². The van der Waals surface area contributed by atoms with E-state index in [0.717, 1.165) is 6.08 Å². The fraction of sp³-hybridized carbons (Fsp3) is 0.304. The smallest absolute Gasteiger partial charge is 0.334 e. The third kappa shape index (κ3) is 4.79. The molecule has 1 atom stereocenters. The van der Waals surface area contributed by atoms with Crippen LogP contribution in [0.4, 0.5) is 5.69 Å². The fourth-order valence-corrected chi connectivity index (χ4v) is 3.73. The van der Waals surface area contributed by atoms with Crippen molar-refractivity contribution in [2.45, 2.75) is 26.9 Å². The van der Waals surface area contributed by atoms with Gasteiger partial charge in [-0.15, -0.1) is 0 Å². The van der Waals surface area contributed by atoms with E-state index in [0.29, 0.717) is 33.4 Å². The van der Waals surface area contributed by atoms with Gasteiger partial charge >= 0.3 is 5.97 Å². The van der Waals surface area contributed by atoms with Crippen LogP contribution in [0.15, 0.2) is 54.3 Å². The second-order valence-corrected chi connectivity index (χ2v) is 8.14. The van der Waals surface area contributed by atoms with E-state index >= 15 is 0 Å². The normalized spacial score (nSPS) is 17.5. The molecule has 5 nitrogen and oxygen atoms in total. The first kappa shape index (κ1) is 22.2. The molecule has 1 heterocycles. The molecule has 0 radical (unpaired) electrons. The lowest BCUT2D eigenvalue weighted by atomic mass is 9.99. The standard InChI is InChI=1S/C23H23Cl2NO4/c1-4-29-21(27)12-20-23(28)26(13-14(2)3)19-10-9-15(24)11-17(19)22(30-20)16-7-5-6-8-18(16)25/h5-12,14,22H,4,13H2,1-3H3/b20-12-. The van der Waals surface area contributed by atoms with Gasteiger partial charge < -0.3 is 14.4 Å². The van der Waals surface area contributed by atoms with Crippen LogP contribution in [0.2, 0.25) is 10.0 Å². The van der Waals surface area contributed by atoms with Crippen molar-refractivity contribution in [3.63, 3.8) is 0 Å². The highest BCUT2D eigenvalue weighted by molar-refractivity contribution is 6.31. The number of benzene rings is 2. The molecule has 0 fully saturated rings. The van der Waals surface area contributed by atoms with Crippen molar-refractivity contribution in [1.29, 1.82) is 0 Å². The predicted molar refractivity (Wildman–Crippen MR) is 118 cm³/mol. The van der Waals surface area contributed by atoms with Crippen LogP contribution in [-0.2, 0) is 19.1 Å². The van der Waals surface area contributed by atoms with Crippen LogP contribution in [0.25, 0.3) is 0 Å². The van der Waals surface area contributed by atoms with Gasteiger partial charge in [0.15, 0.2) is 11.9 Å². The molecule has 0 aromatic heterocycles. The van der Waals surface area contributed by atoms with Gasteiger partial charge in [0.05, 0.1) is 18.4 Å². The van der Waals surface area contributed by atoms with E-state index in [2.05, 4.69) is 0 Å². The Morgan fingerprint density at radius 1 is 1.20 bits per heavy atom. The number of hydrogen-bond acceptors (Lipinski definition) is 4. The number of nitrogens with zero attached hydrogens (tertiary/aromatic N) is 1. The summed E-state index contributed by atoms with van der Waals surface area (Å²) in [6.45, 7) is 6.34. The molecule has 0 bridgehead atoms. The molecule has 1 amide bonds. The maximum Gasteiger partial charge on any atom is 0.334 e. The van der Waals surface area contributed by atoms with Crippen molar-refractivity contribution in [2.24, 2.45) is 5.92 Å². The second-order valence-electron chi connectivity index (χ2n) is 7.29. The summed E-state index contributed by atoms with van der Waals surface area (Å²) < 4.78 is 11.1. The molecule has 0 aliphatic carbocycles. The molecule has 0 saturated carbocycles. The quantitative estimate of drug-likeness (QED) is 0.445. The van der Waals surface area contributed by atoms with Gasteiger partial charge in [-0.2, -0.15) is 0 Å². The molecule has 7 heteroatoms. The molecule has 1 aliphatic rings. The van der Waals surface area contributed by atoms with E-state index in [-0.39, 0.29) is 18.3 Å². The third-order valence-corrected chi connectivity index (χ3v) is 5.11. The van der Waals surface area contributed by atoms with E-state index in [9.17, 15) is 9.59 Å². The number of carbonyl (C=O) groups excluding carboxylic acids is 2. The molecule has 30 heavy (non-hydrogen) atoms. The van der Waals surface area contributed by atoms with E-state index < -0.39 is 18.0 Å². The van der Waals surface area contributed by atoms with Crippen LogP contribution in [0.5, 0.6) is 0 Å². The Balaban J connectivity index is 2.23. The number of ether oxygens (including phenoxy) is 2. The van der Waals surface area contributed by atoms with Gasteiger partial charge in [0.1, 0.15) is 0 Å². The second kappa shape index (κ2) is 9.54. The number of amides is 1. The van der Waals surface area contributed by atoms with E-state index in [1.54, 1.807) is 36.1 Å². The van der Waals surface area contributed by atoms with E-state index in [1.807, 2.05) is 32.0 Å². The highest BCUT2D eigenvalue weighted by Gasteiger charge is 2.35. The number of fused-ring (bicyclic) bond motifs is 1. The van der Waals surface area contributed by atoms with Crippen LogP contribution in [-0.4, -0.2) is 25.0 Å². The number of carbonyl (C=O) groups is 2. The summed E-state index contributed by atoms with van der Waals surface area (Å²) in [5.74, 6) is -0.994. The van der Waals surface area contributed by atoms with Crippen molar-refractivity contribution < 1.29 is 19.1 Å². The Kier molecular flexibility index (Phi) is 7.06. The van der Waals surface area contributed by atoms with Crippen molar-refractivity contribution in [1.82, 2.24) is 0 Å². The number of esters is 1. The predicted octanol–water partition coefficient (Wildman–Crippen LogP) is 5.55. The maximum atomic E-state index is 13.4. The zero-order valence-electron chi connectivity index (χ0n) is 17.0. The minimum absolute atomic E-state index is 0.105. The molecule has 0 saturated heterocycles. The summed E-state index contributed by atoms with van der Waals surface area (Å²) in [6.07, 6.45) is 0.366. The molecular formula is C23H23Cl2NO4. The summed E-state index contributed by atoms with van der Waals surface area (Å²) in [5, 5.41) is 0.984. The lowest BCUT2D eigenvalue weighted by molar-refractivity contribution is -0.138. The highest BCUT2D eigenvalue weighted by atomic mass is 35.5. The van der Waals surface area contributed by atoms with Gasteiger partial charge in [0, 0.05) is 27.7 Å². The molecular weight excluding hydrogens is 425 g/mol. The molecule has 2 aromatic rings. The molecule has 158 valence electrons. The number of rotatable bonds is 5.